The molecule has 15 heavy (non-hydrogen) atoms. The maximum atomic E-state index is 5.85. The predicted molar refractivity (Wildman–Crippen MR) is 63.8 cm³/mol. The van der Waals surface area contributed by atoms with Gasteiger partial charge >= 0.3 is 0 Å². The van der Waals surface area contributed by atoms with Crippen molar-refractivity contribution in [2.75, 3.05) is 0 Å². The zero-order valence-electron chi connectivity index (χ0n) is 8.45. The van der Waals surface area contributed by atoms with Gasteiger partial charge in [0.05, 0.1) is 0 Å². The van der Waals surface area contributed by atoms with Crippen molar-refractivity contribution in [2.45, 2.75) is 6.92 Å². The molecule has 1 aromatic heterocycles. The summed E-state index contributed by atoms with van der Waals surface area (Å²) in [6.45, 7) is 2.01. The molecule has 0 unspecified atom stereocenters. The van der Waals surface area contributed by atoms with Gasteiger partial charge in [0.2, 0.25) is 0 Å². The molecule has 2 radical (unpaired) electrons. The van der Waals surface area contributed by atoms with E-state index in [1.165, 1.54) is 0 Å². The van der Waals surface area contributed by atoms with Gasteiger partial charge in [-0.15, -0.1) is 0 Å². The summed E-state index contributed by atoms with van der Waals surface area (Å²) in [6.07, 6.45) is 0. The minimum absolute atomic E-state index is 0.779. The summed E-state index contributed by atoms with van der Waals surface area (Å²) in [5.74, 6) is 0. The Bertz CT molecular complexity index is 652. The molecule has 0 saturated carbocycles. The second-order valence-electron chi connectivity index (χ2n) is 3.80. The second kappa shape index (κ2) is 2.90. The Morgan fingerprint density at radius 1 is 1.00 bits per heavy atom. The Morgan fingerprint density at radius 3 is 2.67 bits per heavy atom. The zero-order chi connectivity index (χ0) is 10.4. The first-order valence-electron chi connectivity index (χ1n) is 4.93. The Morgan fingerprint density at radius 2 is 1.80 bits per heavy atom. The van der Waals surface area contributed by atoms with E-state index >= 15 is 0 Å². The molecule has 0 amide bonds. The molecule has 0 aliphatic carbocycles. The topological polar surface area (TPSA) is 13.1 Å². The lowest BCUT2D eigenvalue weighted by molar-refractivity contribution is 0.669. The lowest BCUT2D eigenvalue weighted by Gasteiger charge is -1.98. The quantitative estimate of drug-likeness (QED) is 0.499. The van der Waals surface area contributed by atoms with E-state index in [1.807, 2.05) is 31.2 Å². The van der Waals surface area contributed by atoms with Crippen LogP contribution in [-0.4, -0.2) is 7.85 Å². The second-order valence-corrected chi connectivity index (χ2v) is 3.80. The summed E-state index contributed by atoms with van der Waals surface area (Å²) in [5, 5.41) is 2.29. The molecule has 0 aliphatic heterocycles. The Kier molecular flexibility index (Phi) is 1.66. The van der Waals surface area contributed by atoms with Crippen LogP contribution in [0.5, 0.6) is 0 Å². The van der Waals surface area contributed by atoms with Crippen LogP contribution in [-0.2, 0) is 0 Å². The summed E-state index contributed by atoms with van der Waals surface area (Å²) in [4.78, 5) is 0. The number of benzene rings is 2. The van der Waals surface area contributed by atoms with Crippen LogP contribution in [0, 0.1) is 6.92 Å². The highest BCUT2D eigenvalue weighted by Gasteiger charge is 2.06. The van der Waals surface area contributed by atoms with Gasteiger partial charge in [0.1, 0.15) is 19.0 Å². The molecule has 3 aromatic rings. The van der Waals surface area contributed by atoms with E-state index in [0.29, 0.717) is 0 Å². The predicted octanol–water partition coefficient (Wildman–Crippen LogP) is 2.69. The van der Waals surface area contributed by atoms with E-state index in [-0.39, 0.29) is 0 Å². The van der Waals surface area contributed by atoms with Gasteiger partial charge in [-0.05, 0) is 25.1 Å². The van der Waals surface area contributed by atoms with E-state index in [9.17, 15) is 0 Å². The van der Waals surface area contributed by atoms with Gasteiger partial charge in [-0.2, -0.15) is 0 Å². The van der Waals surface area contributed by atoms with Crippen molar-refractivity contribution in [3.63, 3.8) is 0 Å². The Balaban J connectivity index is 2.56. The van der Waals surface area contributed by atoms with Gasteiger partial charge in [0.15, 0.2) is 0 Å². The Hall–Kier alpha value is -1.70. The maximum Gasteiger partial charge on any atom is 0.135 e. The molecule has 2 heteroatoms. The minimum atomic E-state index is 0.779. The molecule has 2 aromatic carbocycles. The van der Waals surface area contributed by atoms with E-state index < -0.39 is 0 Å². The van der Waals surface area contributed by atoms with Gasteiger partial charge in [0, 0.05) is 10.8 Å². The van der Waals surface area contributed by atoms with Crippen LogP contribution < -0.4 is 5.46 Å². The van der Waals surface area contributed by atoms with Crippen LogP contribution in [0.15, 0.2) is 40.8 Å². The molecule has 0 aliphatic rings. The molecule has 1 heterocycles. The van der Waals surface area contributed by atoms with Crippen molar-refractivity contribution in [3.05, 3.63) is 42.0 Å². The summed E-state index contributed by atoms with van der Waals surface area (Å²) < 4.78 is 5.71. The van der Waals surface area contributed by atoms with Crippen LogP contribution in [0.3, 0.4) is 0 Å². The fourth-order valence-electron chi connectivity index (χ4n) is 1.90. The number of rotatable bonds is 0. The molecule has 0 bridgehead atoms. The number of fused-ring (bicyclic) bond motifs is 3. The van der Waals surface area contributed by atoms with E-state index in [4.69, 9.17) is 12.3 Å². The zero-order valence-corrected chi connectivity index (χ0v) is 8.45. The largest absolute Gasteiger partial charge is 0.456 e. The molecule has 0 atom stereocenters. The molecule has 0 spiro atoms. The first-order chi connectivity index (χ1) is 7.25. The van der Waals surface area contributed by atoms with Crippen molar-refractivity contribution < 1.29 is 4.42 Å². The summed E-state index contributed by atoms with van der Waals surface area (Å²) in [7, 11) is 5.85. The molecular formula is C13H9BO. The van der Waals surface area contributed by atoms with Gasteiger partial charge in [-0.1, -0.05) is 29.2 Å². The molecule has 70 valence electrons. The van der Waals surface area contributed by atoms with E-state index in [0.717, 1.165) is 33.0 Å². The summed E-state index contributed by atoms with van der Waals surface area (Å²) in [6, 6.07) is 12.0. The van der Waals surface area contributed by atoms with E-state index in [1.54, 1.807) is 0 Å². The van der Waals surface area contributed by atoms with Crippen molar-refractivity contribution >= 4 is 35.2 Å². The average molecular weight is 192 g/mol. The van der Waals surface area contributed by atoms with Crippen LogP contribution in [0.1, 0.15) is 5.56 Å². The van der Waals surface area contributed by atoms with Crippen molar-refractivity contribution in [1.82, 2.24) is 0 Å². The van der Waals surface area contributed by atoms with E-state index in [2.05, 4.69) is 12.1 Å². The normalized spacial score (nSPS) is 11.3. The number of aryl methyl sites for hydroxylation is 1. The molecule has 0 fully saturated rings. The fraction of sp³-hybridized carbons (Fsp3) is 0.0769. The third-order valence-corrected chi connectivity index (χ3v) is 2.77. The first-order valence-corrected chi connectivity index (χ1v) is 4.93. The van der Waals surface area contributed by atoms with Gasteiger partial charge < -0.3 is 4.42 Å². The van der Waals surface area contributed by atoms with Crippen molar-refractivity contribution in [2.24, 2.45) is 0 Å². The minimum Gasteiger partial charge on any atom is -0.456 e. The standard InChI is InChI=1S/C13H9BO/c1-8-6-10-9-4-2-3-5-12(9)15-13(10)7-11(8)14/h2-7H,1H3. The number of hydrogen-bond donors (Lipinski definition) is 0. The van der Waals surface area contributed by atoms with Gasteiger partial charge in [0.25, 0.3) is 0 Å². The highest BCUT2D eigenvalue weighted by Crippen LogP contribution is 2.28. The molecule has 3 rings (SSSR count). The molecular weight excluding hydrogens is 183 g/mol. The third-order valence-electron chi connectivity index (χ3n) is 2.77. The fourth-order valence-corrected chi connectivity index (χ4v) is 1.90. The van der Waals surface area contributed by atoms with Gasteiger partial charge in [-0.25, -0.2) is 0 Å². The molecule has 0 N–H and O–H groups in total. The summed E-state index contributed by atoms with van der Waals surface area (Å²) >= 11 is 0. The van der Waals surface area contributed by atoms with Gasteiger partial charge in [-0.3, -0.25) is 0 Å². The SMILES string of the molecule is [B]c1cc2oc3ccccc3c2cc1C. The maximum absolute atomic E-state index is 5.85. The number of para-hydroxylation sites is 1. The Labute approximate surface area is 89.1 Å². The lowest BCUT2D eigenvalue weighted by atomic mass is 9.90. The van der Waals surface area contributed by atoms with Crippen LogP contribution in [0.2, 0.25) is 0 Å². The van der Waals surface area contributed by atoms with Crippen molar-refractivity contribution in [3.8, 4) is 0 Å². The average Bonchev–Trinajstić information content (AvgIpc) is 2.57. The highest BCUT2D eigenvalue weighted by molar-refractivity contribution is 6.34. The van der Waals surface area contributed by atoms with Crippen molar-refractivity contribution in [1.29, 1.82) is 0 Å². The summed E-state index contributed by atoms with van der Waals surface area (Å²) in [5.41, 5.74) is 3.65. The number of hydrogen-bond acceptors (Lipinski definition) is 1. The first kappa shape index (κ1) is 8.60. The van der Waals surface area contributed by atoms with Crippen LogP contribution in [0.25, 0.3) is 21.9 Å². The van der Waals surface area contributed by atoms with Crippen LogP contribution >= 0.6 is 0 Å². The molecule has 0 saturated heterocycles. The smallest absolute Gasteiger partial charge is 0.135 e. The van der Waals surface area contributed by atoms with Crippen LogP contribution in [0.4, 0.5) is 0 Å². The molecule has 1 nitrogen and oxygen atoms in total. The lowest BCUT2D eigenvalue weighted by Crippen LogP contribution is -2.05. The third kappa shape index (κ3) is 1.18. The highest BCUT2D eigenvalue weighted by atomic mass is 16.3. The monoisotopic (exact) mass is 192 g/mol. The number of furan rings is 1.